The summed E-state index contributed by atoms with van der Waals surface area (Å²) in [6, 6.07) is 12.9. The molecule has 0 saturated heterocycles. The largest absolute Gasteiger partial charge is 0.477 e. The lowest BCUT2D eigenvalue weighted by atomic mass is 10.1. The van der Waals surface area contributed by atoms with Crippen molar-refractivity contribution in [1.29, 1.82) is 0 Å². The number of hydrogen-bond acceptors (Lipinski definition) is 5. The van der Waals surface area contributed by atoms with Gasteiger partial charge in [-0.15, -0.1) is 0 Å². The highest BCUT2D eigenvalue weighted by atomic mass is 16.6. The second-order valence-corrected chi connectivity index (χ2v) is 6.69. The van der Waals surface area contributed by atoms with Crippen LogP contribution in [0.2, 0.25) is 0 Å². The standard InChI is InChI=1S/C20H21N3O5/c1-13(14-8-10-16(11-9-14)22-20(25)15-6-7-15)21-19(24)12-28-18-5-3-2-4-17(18)23(26)27/h2-5,8-11,13,15H,6-7,12H2,1H3,(H,21,24)(H,22,25). The van der Waals surface area contributed by atoms with Crippen molar-refractivity contribution in [1.82, 2.24) is 5.32 Å². The van der Waals surface area contributed by atoms with Crippen LogP contribution < -0.4 is 15.4 Å². The van der Waals surface area contributed by atoms with E-state index in [-0.39, 0.29) is 35.9 Å². The quantitative estimate of drug-likeness (QED) is 0.537. The van der Waals surface area contributed by atoms with Crippen LogP contribution in [0.25, 0.3) is 0 Å². The molecule has 2 N–H and O–H groups in total. The Kier molecular flexibility index (Phi) is 5.88. The number of nitro benzene ring substituents is 1. The fourth-order valence-electron chi connectivity index (χ4n) is 2.68. The molecule has 146 valence electrons. The summed E-state index contributed by atoms with van der Waals surface area (Å²) in [4.78, 5) is 34.3. The maximum absolute atomic E-state index is 12.1. The third kappa shape index (κ3) is 5.06. The number of amides is 2. The van der Waals surface area contributed by atoms with E-state index >= 15 is 0 Å². The predicted molar refractivity (Wildman–Crippen MR) is 103 cm³/mol. The van der Waals surface area contributed by atoms with E-state index in [9.17, 15) is 19.7 Å². The van der Waals surface area contributed by atoms with Crippen LogP contribution in [0, 0.1) is 16.0 Å². The number of carbonyl (C=O) groups is 2. The summed E-state index contributed by atoms with van der Waals surface area (Å²) in [7, 11) is 0. The number of carbonyl (C=O) groups excluding carboxylic acids is 2. The molecule has 2 aromatic rings. The van der Waals surface area contributed by atoms with E-state index in [0.29, 0.717) is 0 Å². The molecule has 0 heterocycles. The molecule has 1 atom stereocenters. The molecular weight excluding hydrogens is 362 g/mol. The van der Waals surface area contributed by atoms with Crippen LogP contribution in [0.1, 0.15) is 31.4 Å². The van der Waals surface area contributed by atoms with Crippen LogP contribution in [0.5, 0.6) is 5.75 Å². The number of rotatable bonds is 8. The van der Waals surface area contributed by atoms with E-state index in [1.165, 1.54) is 18.2 Å². The maximum Gasteiger partial charge on any atom is 0.310 e. The van der Waals surface area contributed by atoms with Crippen LogP contribution in [0.15, 0.2) is 48.5 Å². The molecule has 28 heavy (non-hydrogen) atoms. The van der Waals surface area contributed by atoms with Crippen molar-refractivity contribution in [2.45, 2.75) is 25.8 Å². The number of nitrogens with one attached hydrogen (secondary N) is 2. The summed E-state index contributed by atoms with van der Waals surface area (Å²) in [6.07, 6.45) is 1.89. The van der Waals surface area contributed by atoms with Crippen LogP contribution in [-0.2, 0) is 9.59 Å². The molecule has 0 radical (unpaired) electrons. The Morgan fingerprint density at radius 1 is 1.18 bits per heavy atom. The van der Waals surface area contributed by atoms with Gasteiger partial charge in [-0.05, 0) is 43.5 Å². The highest BCUT2D eigenvalue weighted by Crippen LogP contribution is 2.30. The molecule has 2 amide bonds. The van der Waals surface area contributed by atoms with E-state index < -0.39 is 10.8 Å². The Labute approximate surface area is 162 Å². The third-order valence-electron chi connectivity index (χ3n) is 4.42. The summed E-state index contributed by atoms with van der Waals surface area (Å²) in [5, 5.41) is 16.6. The summed E-state index contributed by atoms with van der Waals surface area (Å²) in [5.41, 5.74) is 1.40. The topological polar surface area (TPSA) is 111 Å². The van der Waals surface area contributed by atoms with Gasteiger partial charge in [0.05, 0.1) is 11.0 Å². The van der Waals surface area contributed by atoms with E-state index in [0.717, 1.165) is 24.1 Å². The lowest BCUT2D eigenvalue weighted by Crippen LogP contribution is -2.31. The minimum Gasteiger partial charge on any atom is -0.477 e. The Morgan fingerprint density at radius 2 is 1.86 bits per heavy atom. The summed E-state index contributed by atoms with van der Waals surface area (Å²) < 4.78 is 5.29. The zero-order valence-electron chi connectivity index (χ0n) is 15.4. The minimum atomic E-state index is -0.556. The zero-order valence-corrected chi connectivity index (χ0v) is 15.4. The highest BCUT2D eigenvalue weighted by Gasteiger charge is 2.29. The fraction of sp³-hybridized carbons (Fsp3) is 0.300. The summed E-state index contributed by atoms with van der Waals surface area (Å²) in [6.45, 7) is 1.49. The van der Waals surface area contributed by atoms with E-state index in [1.54, 1.807) is 18.2 Å². The van der Waals surface area contributed by atoms with Crippen molar-refractivity contribution in [3.63, 3.8) is 0 Å². The van der Waals surface area contributed by atoms with Crippen LogP contribution in [-0.4, -0.2) is 23.3 Å². The Morgan fingerprint density at radius 3 is 2.50 bits per heavy atom. The lowest BCUT2D eigenvalue weighted by molar-refractivity contribution is -0.385. The number of benzene rings is 2. The molecule has 1 aliphatic rings. The van der Waals surface area contributed by atoms with E-state index in [2.05, 4.69) is 10.6 Å². The van der Waals surface area contributed by atoms with Crippen LogP contribution >= 0.6 is 0 Å². The second-order valence-electron chi connectivity index (χ2n) is 6.69. The first-order valence-corrected chi connectivity index (χ1v) is 9.00. The van der Waals surface area contributed by atoms with E-state index in [4.69, 9.17) is 4.74 Å². The first kappa shape index (κ1) is 19.3. The van der Waals surface area contributed by atoms with Crippen molar-refractivity contribution < 1.29 is 19.2 Å². The number of anilines is 1. The van der Waals surface area contributed by atoms with Crippen molar-refractivity contribution in [2.24, 2.45) is 5.92 Å². The Balaban J connectivity index is 1.51. The zero-order chi connectivity index (χ0) is 20.1. The highest BCUT2D eigenvalue weighted by molar-refractivity contribution is 5.94. The molecule has 3 rings (SSSR count). The molecule has 0 aromatic heterocycles. The monoisotopic (exact) mass is 383 g/mol. The van der Waals surface area contributed by atoms with Gasteiger partial charge in [-0.1, -0.05) is 24.3 Å². The first-order chi connectivity index (χ1) is 13.4. The molecule has 0 aliphatic heterocycles. The molecule has 2 aromatic carbocycles. The van der Waals surface area contributed by atoms with Crippen LogP contribution in [0.4, 0.5) is 11.4 Å². The molecule has 1 saturated carbocycles. The van der Waals surface area contributed by atoms with Crippen molar-refractivity contribution in [3.8, 4) is 5.75 Å². The van der Waals surface area contributed by atoms with Crippen molar-refractivity contribution >= 4 is 23.2 Å². The van der Waals surface area contributed by atoms with Gasteiger partial charge < -0.3 is 15.4 Å². The fourth-order valence-corrected chi connectivity index (χ4v) is 2.68. The van der Waals surface area contributed by atoms with Crippen molar-refractivity contribution in [3.05, 3.63) is 64.2 Å². The average molecular weight is 383 g/mol. The number of para-hydroxylation sites is 2. The number of nitrogens with zero attached hydrogens (tertiary/aromatic N) is 1. The predicted octanol–water partition coefficient (Wildman–Crippen LogP) is 3.20. The Bertz CT molecular complexity index is 878. The second kappa shape index (κ2) is 8.51. The molecule has 1 aliphatic carbocycles. The molecule has 8 heteroatoms. The number of ether oxygens (including phenoxy) is 1. The van der Waals surface area contributed by atoms with Crippen molar-refractivity contribution in [2.75, 3.05) is 11.9 Å². The SMILES string of the molecule is CC(NC(=O)COc1ccccc1[N+](=O)[O-])c1ccc(NC(=O)C2CC2)cc1. The van der Waals surface area contributed by atoms with Gasteiger partial charge in [0.1, 0.15) is 0 Å². The van der Waals surface area contributed by atoms with Gasteiger partial charge in [-0.3, -0.25) is 19.7 Å². The average Bonchev–Trinajstić information content (AvgIpc) is 3.52. The normalized spacial score (nSPS) is 14.0. The maximum atomic E-state index is 12.1. The van der Waals surface area contributed by atoms with Gasteiger partial charge in [0.15, 0.2) is 12.4 Å². The third-order valence-corrected chi connectivity index (χ3v) is 4.42. The number of nitro groups is 1. The van der Waals surface area contributed by atoms with Crippen LogP contribution in [0.3, 0.4) is 0 Å². The molecule has 0 spiro atoms. The molecular formula is C20H21N3O5. The molecule has 1 fully saturated rings. The molecule has 8 nitrogen and oxygen atoms in total. The van der Waals surface area contributed by atoms with Gasteiger partial charge in [0, 0.05) is 17.7 Å². The summed E-state index contributed by atoms with van der Waals surface area (Å²) in [5.74, 6) is -0.164. The lowest BCUT2D eigenvalue weighted by Gasteiger charge is -2.15. The smallest absolute Gasteiger partial charge is 0.310 e. The molecule has 1 unspecified atom stereocenters. The Hall–Kier alpha value is -3.42. The van der Waals surface area contributed by atoms with E-state index in [1.807, 2.05) is 19.1 Å². The number of hydrogen-bond donors (Lipinski definition) is 2. The first-order valence-electron chi connectivity index (χ1n) is 9.00. The van der Waals surface area contributed by atoms with Gasteiger partial charge in [-0.25, -0.2) is 0 Å². The molecule has 0 bridgehead atoms. The van der Waals surface area contributed by atoms with Gasteiger partial charge in [0.25, 0.3) is 5.91 Å². The van der Waals surface area contributed by atoms with Gasteiger partial charge >= 0.3 is 5.69 Å². The summed E-state index contributed by atoms with van der Waals surface area (Å²) >= 11 is 0. The van der Waals surface area contributed by atoms with Gasteiger partial charge in [-0.2, -0.15) is 0 Å². The minimum absolute atomic E-state index is 0.0428. The van der Waals surface area contributed by atoms with Gasteiger partial charge in [0.2, 0.25) is 5.91 Å².